The molecule has 2 saturated carbocycles. The van der Waals surface area contributed by atoms with Crippen LogP contribution < -0.4 is 10.9 Å². The van der Waals surface area contributed by atoms with E-state index in [1.165, 1.54) is 0 Å². The summed E-state index contributed by atoms with van der Waals surface area (Å²) in [5.41, 5.74) is 1.27. The van der Waals surface area contributed by atoms with E-state index < -0.39 is 0 Å². The molecule has 1 aromatic carbocycles. The topological polar surface area (TPSA) is 77.1 Å². The molecule has 7 heteroatoms. The van der Waals surface area contributed by atoms with Gasteiger partial charge >= 0.3 is 0 Å². The van der Waals surface area contributed by atoms with E-state index in [4.69, 9.17) is 16.1 Å². The van der Waals surface area contributed by atoms with E-state index in [1.54, 1.807) is 6.92 Å². The first-order valence-corrected chi connectivity index (χ1v) is 11.3. The molecule has 0 aliphatic heterocycles. The fourth-order valence-electron chi connectivity index (χ4n) is 5.08. The van der Waals surface area contributed by atoms with Crippen molar-refractivity contribution in [2.75, 3.05) is 6.54 Å². The highest BCUT2D eigenvalue weighted by Gasteiger charge is 2.30. The number of carbonyl (C=O) groups excluding carboxylic acids is 1. The zero-order chi connectivity index (χ0) is 20.8. The number of halogens is 1. The van der Waals surface area contributed by atoms with Crippen LogP contribution >= 0.6 is 11.6 Å². The van der Waals surface area contributed by atoms with Gasteiger partial charge in [0.1, 0.15) is 16.7 Å². The molecule has 30 heavy (non-hydrogen) atoms. The highest BCUT2D eigenvalue weighted by atomic mass is 35.5. The minimum Gasteiger partial charge on any atom is -0.360 e. The van der Waals surface area contributed by atoms with Crippen LogP contribution in [-0.4, -0.2) is 22.2 Å². The van der Waals surface area contributed by atoms with Crippen molar-refractivity contribution in [3.05, 3.63) is 39.3 Å². The Morgan fingerprint density at radius 2 is 2.03 bits per heavy atom. The van der Waals surface area contributed by atoms with Crippen molar-refractivity contribution < 1.29 is 9.32 Å². The molecule has 2 aliphatic rings. The number of nitrogens with one attached hydrogen (secondary N) is 1. The van der Waals surface area contributed by atoms with Crippen LogP contribution in [0.25, 0.3) is 21.8 Å². The zero-order valence-corrected chi connectivity index (χ0v) is 17.9. The van der Waals surface area contributed by atoms with Crippen LogP contribution in [0.5, 0.6) is 0 Å². The molecule has 0 unspecified atom stereocenters. The third kappa shape index (κ3) is 3.22. The Bertz CT molecular complexity index is 1180. The third-order valence-electron chi connectivity index (χ3n) is 6.94. The summed E-state index contributed by atoms with van der Waals surface area (Å²) in [5, 5.41) is 9.13. The number of nitrogens with zero attached hydrogens (tertiary/aromatic N) is 2. The van der Waals surface area contributed by atoms with Crippen LogP contribution in [0.4, 0.5) is 0 Å². The lowest BCUT2D eigenvalue weighted by Crippen LogP contribution is -2.39. The number of hydrogen-bond donors (Lipinski definition) is 1. The molecule has 6 nitrogen and oxygen atoms in total. The van der Waals surface area contributed by atoms with E-state index in [0.29, 0.717) is 34.1 Å². The minimum atomic E-state index is -0.0670. The van der Waals surface area contributed by atoms with Gasteiger partial charge in [-0.05, 0) is 57.1 Å². The maximum Gasteiger partial charge on any atom is 0.264 e. The van der Waals surface area contributed by atoms with Gasteiger partial charge in [-0.1, -0.05) is 35.7 Å². The van der Waals surface area contributed by atoms with Crippen molar-refractivity contribution in [2.45, 2.75) is 57.9 Å². The van der Waals surface area contributed by atoms with Crippen LogP contribution in [0, 0.1) is 18.8 Å². The van der Waals surface area contributed by atoms with Gasteiger partial charge < -0.3 is 14.4 Å². The number of pyridine rings is 1. The second kappa shape index (κ2) is 7.73. The minimum absolute atomic E-state index is 0.0662. The van der Waals surface area contributed by atoms with E-state index >= 15 is 0 Å². The summed E-state index contributed by atoms with van der Waals surface area (Å²) in [6.07, 6.45) is 7.09. The van der Waals surface area contributed by atoms with Gasteiger partial charge in [-0.15, -0.1) is 0 Å². The quantitative estimate of drug-likeness (QED) is 0.651. The molecule has 1 amide bonds. The van der Waals surface area contributed by atoms with Crippen molar-refractivity contribution in [2.24, 2.45) is 11.8 Å². The number of fused-ring (bicyclic) bond motifs is 3. The SMILES string of the molecule is Cc1onc2c1c(=O)n([C@H]1CCC[C@@H](CNC(=O)C3CCC3)C1)c1cccc(Cl)c21. The number of carbonyl (C=O) groups is 1. The first-order chi connectivity index (χ1) is 14.5. The first kappa shape index (κ1) is 19.6. The predicted molar refractivity (Wildman–Crippen MR) is 117 cm³/mol. The molecule has 2 aromatic heterocycles. The maximum absolute atomic E-state index is 13.5. The van der Waals surface area contributed by atoms with Crippen molar-refractivity contribution >= 4 is 39.3 Å². The average Bonchev–Trinajstić information content (AvgIpc) is 3.07. The molecule has 2 heterocycles. The molecule has 5 rings (SSSR count). The molecular weight excluding hydrogens is 402 g/mol. The number of amides is 1. The van der Waals surface area contributed by atoms with Gasteiger partial charge in [-0.25, -0.2) is 0 Å². The van der Waals surface area contributed by atoms with E-state index in [-0.39, 0.29) is 23.4 Å². The summed E-state index contributed by atoms with van der Waals surface area (Å²) in [4.78, 5) is 25.7. The Morgan fingerprint density at radius 3 is 2.80 bits per heavy atom. The van der Waals surface area contributed by atoms with Gasteiger partial charge in [0.2, 0.25) is 5.91 Å². The third-order valence-corrected chi connectivity index (χ3v) is 7.26. The second-order valence-electron chi connectivity index (χ2n) is 8.83. The highest BCUT2D eigenvalue weighted by Crippen LogP contribution is 2.37. The molecule has 0 radical (unpaired) electrons. The number of benzene rings is 1. The molecule has 2 aliphatic carbocycles. The molecule has 1 N–H and O–H groups in total. The monoisotopic (exact) mass is 427 g/mol. The van der Waals surface area contributed by atoms with Crippen molar-refractivity contribution in [1.82, 2.24) is 15.0 Å². The van der Waals surface area contributed by atoms with Gasteiger partial charge in [0.05, 0.1) is 10.5 Å². The van der Waals surface area contributed by atoms with Gasteiger partial charge in [-0.2, -0.15) is 0 Å². The Labute approximate surface area is 179 Å². The molecule has 0 saturated heterocycles. The molecule has 0 bridgehead atoms. The van der Waals surface area contributed by atoms with E-state index in [0.717, 1.165) is 55.8 Å². The first-order valence-electron chi connectivity index (χ1n) is 10.9. The van der Waals surface area contributed by atoms with Crippen molar-refractivity contribution in [1.29, 1.82) is 0 Å². The van der Waals surface area contributed by atoms with E-state index in [9.17, 15) is 9.59 Å². The molecular formula is C23H26ClN3O3. The van der Waals surface area contributed by atoms with Gasteiger partial charge in [0.25, 0.3) is 5.56 Å². The summed E-state index contributed by atoms with van der Waals surface area (Å²) in [6.45, 7) is 2.46. The molecule has 158 valence electrons. The lowest BCUT2D eigenvalue weighted by Gasteiger charge is -2.32. The van der Waals surface area contributed by atoms with E-state index in [2.05, 4.69) is 10.5 Å². The molecule has 0 spiro atoms. The van der Waals surface area contributed by atoms with Crippen LogP contribution in [0.15, 0.2) is 27.5 Å². The van der Waals surface area contributed by atoms with Crippen LogP contribution in [0.3, 0.4) is 0 Å². The summed E-state index contributed by atoms with van der Waals surface area (Å²) < 4.78 is 7.25. The molecule has 2 fully saturated rings. The zero-order valence-electron chi connectivity index (χ0n) is 17.1. The molecule has 2 atom stereocenters. The summed E-state index contributed by atoms with van der Waals surface area (Å²) in [6, 6.07) is 5.70. The summed E-state index contributed by atoms with van der Waals surface area (Å²) in [5.74, 6) is 1.29. The Balaban J connectivity index is 1.49. The van der Waals surface area contributed by atoms with Gasteiger partial charge in [0, 0.05) is 23.9 Å². The van der Waals surface area contributed by atoms with Gasteiger partial charge in [0.15, 0.2) is 0 Å². The predicted octanol–water partition coefficient (Wildman–Crippen LogP) is 4.75. The van der Waals surface area contributed by atoms with Crippen LogP contribution in [-0.2, 0) is 4.79 Å². The van der Waals surface area contributed by atoms with Crippen LogP contribution in [0.1, 0.15) is 56.7 Å². The number of rotatable bonds is 4. The smallest absolute Gasteiger partial charge is 0.264 e. The highest BCUT2D eigenvalue weighted by molar-refractivity contribution is 6.37. The fraction of sp³-hybridized carbons (Fsp3) is 0.522. The average molecular weight is 428 g/mol. The lowest BCUT2D eigenvalue weighted by molar-refractivity contribution is -0.127. The second-order valence-corrected chi connectivity index (χ2v) is 9.24. The number of hydrogen-bond acceptors (Lipinski definition) is 4. The maximum atomic E-state index is 13.5. The Kier molecular flexibility index (Phi) is 5.05. The van der Waals surface area contributed by atoms with Crippen molar-refractivity contribution in [3.63, 3.8) is 0 Å². The number of aryl methyl sites for hydroxylation is 1. The Hall–Kier alpha value is -2.34. The summed E-state index contributed by atoms with van der Waals surface area (Å²) in [7, 11) is 0. The lowest BCUT2D eigenvalue weighted by atomic mass is 9.83. The molecule has 3 aromatic rings. The standard InChI is InChI=1S/C23H26ClN3O3/c1-13-19-21(26-30-13)20-17(24)9-4-10-18(20)27(23(19)29)16-8-2-5-14(11-16)12-25-22(28)15-6-3-7-15/h4,9-10,14-16H,2-3,5-8,11-12H2,1H3,(H,25,28)/t14-,16+/m1/s1. The van der Waals surface area contributed by atoms with Gasteiger partial charge in [-0.3, -0.25) is 9.59 Å². The largest absolute Gasteiger partial charge is 0.360 e. The Morgan fingerprint density at radius 1 is 1.23 bits per heavy atom. The van der Waals surface area contributed by atoms with Crippen LogP contribution in [0.2, 0.25) is 5.02 Å². The van der Waals surface area contributed by atoms with Crippen molar-refractivity contribution in [3.8, 4) is 0 Å². The number of aromatic nitrogens is 2. The normalized spacial score (nSPS) is 22.3. The summed E-state index contributed by atoms with van der Waals surface area (Å²) >= 11 is 6.53. The fourth-order valence-corrected chi connectivity index (χ4v) is 5.34. The van der Waals surface area contributed by atoms with E-state index in [1.807, 2.05) is 22.8 Å².